The van der Waals surface area contributed by atoms with Gasteiger partial charge < -0.3 is 9.30 Å². The van der Waals surface area contributed by atoms with Crippen LogP contribution >= 0.6 is 15.9 Å². The monoisotopic (exact) mass is 465 g/mol. The van der Waals surface area contributed by atoms with Crippen molar-refractivity contribution in [1.29, 1.82) is 0 Å². The third-order valence-corrected chi connectivity index (χ3v) is 7.13. The Morgan fingerprint density at radius 2 is 1.93 bits per heavy atom. The number of fused-ring (bicyclic) bond motifs is 1. The largest absolute Gasteiger partial charge is 0.460 e. The zero-order valence-corrected chi connectivity index (χ0v) is 18.1. The molecule has 1 aromatic heterocycles. The summed E-state index contributed by atoms with van der Waals surface area (Å²) in [4.78, 5) is 16.9. The van der Waals surface area contributed by atoms with Gasteiger partial charge in [-0.15, -0.1) is 0 Å². The Morgan fingerprint density at radius 3 is 2.64 bits per heavy atom. The third kappa shape index (κ3) is 3.96. The first-order valence-corrected chi connectivity index (χ1v) is 10.8. The minimum absolute atomic E-state index is 0.0170. The number of rotatable bonds is 6. The van der Waals surface area contributed by atoms with Crippen molar-refractivity contribution in [3.63, 3.8) is 0 Å². The van der Waals surface area contributed by atoms with Crippen LogP contribution in [0.4, 0.5) is 0 Å². The SMILES string of the molecule is Cc1nc2ccccc2n1CCOC(=O)c1ccc(Br)c(S(=O)(=O)N(C)C)c1. The Bertz CT molecular complexity index is 1140. The molecule has 7 nitrogen and oxygen atoms in total. The van der Waals surface area contributed by atoms with Crippen LogP contribution in [0.3, 0.4) is 0 Å². The summed E-state index contributed by atoms with van der Waals surface area (Å²) in [7, 11) is -0.813. The zero-order valence-electron chi connectivity index (χ0n) is 15.7. The minimum atomic E-state index is -3.68. The molecule has 0 fully saturated rings. The second-order valence-corrected chi connectivity index (χ2v) is 9.34. The van der Waals surface area contributed by atoms with Gasteiger partial charge in [0.25, 0.3) is 0 Å². The molecule has 3 aromatic rings. The lowest BCUT2D eigenvalue weighted by Gasteiger charge is -2.14. The number of nitrogens with zero attached hydrogens (tertiary/aromatic N) is 3. The molecule has 1 heterocycles. The van der Waals surface area contributed by atoms with Crippen LogP contribution in [0.15, 0.2) is 51.8 Å². The van der Waals surface area contributed by atoms with Gasteiger partial charge in [-0.25, -0.2) is 22.5 Å². The van der Waals surface area contributed by atoms with E-state index in [0.29, 0.717) is 11.0 Å². The Morgan fingerprint density at radius 1 is 1.21 bits per heavy atom. The number of hydrogen-bond acceptors (Lipinski definition) is 5. The Hall–Kier alpha value is -2.23. The number of esters is 1. The first-order valence-electron chi connectivity index (χ1n) is 8.53. The van der Waals surface area contributed by atoms with Crippen molar-refractivity contribution in [3.8, 4) is 0 Å². The zero-order chi connectivity index (χ0) is 20.5. The van der Waals surface area contributed by atoms with Crippen LogP contribution in [0, 0.1) is 6.92 Å². The molecule has 0 atom stereocenters. The molecule has 0 saturated carbocycles. The van der Waals surface area contributed by atoms with E-state index in [1.807, 2.05) is 35.8 Å². The fourth-order valence-electron chi connectivity index (χ4n) is 2.82. The van der Waals surface area contributed by atoms with E-state index < -0.39 is 16.0 Å². The standard InChI is InChI=1S/C19H20BrN3O4S/c1-13-21-16-6-4-5-7-17(16)23(13)10-11-27-19(24)14-8-9-15(20)18(12-14)28(25,26)22(2)3/h4-9,12H,10-11H2,1-3H3. The Labute approximate surface area is 172 Å². The first-order chi connectivity index (χ1) is 13.2. The maximum absolute atomic E-state index is 12.4. The number of ether oxygens (including phenoxy) is 1. The molecular formula is C19H20BrN3O4S. The summed E-state index contributed by atoms with van der Waals surface area (Å²) in [6.07, 6.45) is 0. The first kappa shape index (κ1) is 20.5. The topological polar surface area (TPSA) is 81.5 Å². The molecule has 0 unspecified atom stereocenters. The van der Waals surface area contributed by atoms with E-state index in [4.69, 9.17) is 4.74 Å². The molecule has 28 heavy (non-hydrogen) atoms. The number of sulfonamides is 1. The fourth-order valence-corrected chi connectivity index (χ4v) is 4.66. The van der Waals surface area contributed by atoms with Crippen molar-refractivity contribution >= 4 is 43.0 Å². The van der Waals surface area contributed by atoms with Gasteiger partial charge in [0.2, 0.25) is 10.0 Å². The van der Waals surface area contributed by atoms with Crippen molar-refractivity contribution in [2.24, 2.45) is 0 Å². The summed E-state index contributed by atoms with van der Waals surface area (Å²) in [5.74, 6) is 0.255. The van der Waals surface area contributed by atoms with Crippen LogP contribution < -0.4 is 0 Å². The van der Waals surface area contributed by atoms with E-state index in [0.717, 1.165) is 21.2 Å². The van der Waals surface area contributed by atoms with Gasteiger partial charge in [-0.3, -0.25) is 0 Å². The quantitative estimate of drug-likeness (QED) is 0.522. The van der Waals surface area contributed by atoms with Crippen LogP contribution in [0.2, 0.25) is 0 Å². The van der Waals surface area contributed by atoms with Crippen molar-refractivity contribution < 1.29 is 17.9 Å². The second kappa shape index (κ2) is 8.02. The summed E-state index contributed by atoms with van der Waals surface area (Å²) < 4.78 is 33.6. The van der Waals surface area contributed by atoms with Crippen molar-refractivity contribution in [2.75, 3.05) is 20.7 Å². The second-order valence-electron chi connectivity index (χ2n) is 6.37. The van der Waals surface area contributed by atoms with Crippen molar-refractivity contribution in [2.45, 2.75) is 18.4 Å². The van der Waals surface area contributed by atoms with Crippen LogP contribution in [0.1, 0.15) is 16.2 Å². The summed E-state index contributed by atoms with van der Waals surface area (Å²) >= 11 is 3.23. The predicted molar refractivity (Wildman–Crippen MR) is 110 cm³/mol. The number of carbonyl (C=O) groups is 1. The summed E-state index contributed by atoms with van der Waals surface area (Å²) in [6, 6.07) is 12.1. The maximum atomic E-state index is 12.4. The summed E-state index contributed by atoms with van der Waals surface area (Å²) in [5, 5.41) is 0. The highest BCUT2D eigenvalue weighted by molar-refractivity contribution is 9.10. The van der Waals surface area contributed by atoms with Crippen molar-refractivity contribution in [1.82, 2.24) is 13.9 Å². The number of carbonyl (C=O) groups excluding carboxylic acids is 1. The van der Waals surface area contributed by atoms with E-state index in [-0.39, 0.29) is 17.1 Å². The average molecular weight is 466 g/mol. The normalized spacial score (nSPS) is 11.9. The summed E-state index contributed by atoms with van der Waals surface area (Å²) in [5.41, 5.74) is 2.03. The van der Waals surface area contributed by atoms with E-state index in [9.17, 15) is 13.2 Å². The highest BCUT2D eigenvalue weighted by atomic mass is 79.9. The minimum Gasteiger partial charge on any atom is -0.460 e. The molecule has 9 heteroatoms. The van der Waals surface area contributed by atoms with E-state index >= 15 is 0 Å². The lowest BCUT2D eigenvalue weighted by molar-refractivity contribution is 0.0491. The lowest BCUT2D eigenvalue weighted by atomic mass is 10.2. The number of imidazole rings is 1. The number of hydrogen-bond donors (Lipinski definition) is 0. The predicted octanol–water partition coefficient (Wildman–Crippen LogP) is 3.21. The molecule has 0 aliphatic rings. The average Bonchev–Trinajstić information content (AvgIpc) is 2.97. The number of aryl methyl sites for hydroxylation is 1. The Balaban J connectivity index is 1.74. The molecule has 148 valence electrons. The van der Waals surface area contributed by atoms with Crippen LogP contribution in [-0.4, -0.2) is 48.9 Å². The smallest absolute Gasteiger partial charge is 0.338 e. The molecule has 3 rings (SSSR count). The lowest BCUT2D eigenvalue weighted by Crippen LogP contribution is -2.23. The van der Waals surface area contributed by atoms with Crippen molar-refractivity contribution in [3.05, 3.63) is 58.3 Å². The summed E-state index contributed by atoms with van der Waals surface area (Å²) in [6.45, 7) is 2.50. The number of aromatic nitrogens is 2. The molecule has 0 saturated heterocycles. The fraction of sp³-hybridized carbons (Fsp3) is 0.263. The van der Waals surface area contributed by atoms with Gasteiger partial charge in [-0.05, 0) is 53.2 Å². The van der Waals surface area contributed by atoms with Crippen LogP contribution in [0.25, 0.3) is 11.0 Å². The van der Waals surface area contributed by atoms with Crippen LogP contribution in [-0.2, 0) is 21.3 Å². The molecule has 0 radical (unpaired) electrons. The Kier molecular flexibility index (Phi) is 5.87. The number of benzene rings is 2. The van der Waals surface area contributed by atoms with Gasteiger partial charge in [-0.2, -0.15) is 0 Å². The molecular weight excluding hydrogens is 446 g/mol. The van der Waals surface area contributed by atoms with Gasteiger partial charge in [0.1, 0.15) is 12.4 Å². The molecule has 0 aliphatic heterocycles. The van der Waals surface area contributed by atoms with Gasteiger partial charge >= 0.3 is 5.97 Å². The van der Waals surface area contributed by atoms with Crippen LogP contribution in [0.5, 0.6) is 0 Å². The van der Waals surface area contributed by atoms with Gasteiger partial charge in [0, 0.05) is 18.6 Å². The van der Waals surface area contributed by atoms with E-state index in [1.165, 1.54) is 32.3 Å². The molecule has 0 N–H and O–H groups in total. The molecule has 0 amide bonds. The molecule has 0 bridgehead atoms. The molecule has 0 aliphatic carbocycles. The maximum Gasteiger partial charge on any atom is 0.338 e. The highest BCUT2D eigenvalue weighted by Crippen LogP contribution is 2.25. The van der Waals surface area contributed by atoms with Gasteiger partial charge in [0.05, 0.1) is 28.0 Å². The van der Waals surface area contributed by atoms with Gasteiger partial charge in [-0.1, -0.05) is 12.1 Å². The number of para-hydroxylation sites is 2. The molecule has 0 spiro atoms. The van der Waals surface area contributed by atoms with Gasteiger partial charge in [0.15, 0.2) is 0 Å². The highest BCUT2D eigenvalue weighted by Gasteiger charge is 2.22. The van der Waals surface area contributed by atoms with E-state index in [2.05, 4.69) is 20.9 Å². The van der Waals surface area contributed by atoms with E-state index in [1.54, 1.807) is 0 Å². The number of halogens is 1. The third-order valence-electron chi connectivity index (χ3n) is 4.32. The molecule has 2 aromatic carbocycles.